The van der Waals surface area contributed by atoms with Gasteiger partial charge in [-0.2, -0.15) is 0 Å². The highest BCUT2D eigenvalue weighted by atomic mass is 16.4. The van der Waals surface area contributed by atoms with E-state index in [4.69, 9.17) is 10.8 Å². The highest BCUT2D eigenvalue weighted by Gasteiger charge is 2.29. The minimum absolute atomic E-state index is 0.0317. The number of carbonyl (C=O) groups excluding carboxylic acids is 3. The van der Waals surface area contributed by atoms with Gasteiger partial charge in [0.05, 0.1) is 19.0 Å². The van der Waals surface area contributed by atoms with Crippen molar-refractivity contribution in [3.63, 3.8) is 0 Å². The third-order valence-electron chi connectivity index (χ3n) is 5.61. The number of aromatic amines is 2. The number of nitrogens with two attached hydrogens (primary N) is 1. The molecule has 3 rings (SSSR count). The van der Waals surface area contributed by atoms with Crippen LogP contribution in [0.4, 0.5) is 0 Å². The molecule has 9 N–H and O–H groups in total. The molecule has 4 unspecified atom stereocenters. The van der Waals surface area contributed by atoms with Crippen molar-refractivity contribution < 1.29 is 29.4 Å². The van der Waals surface area contributed by atoms with E-state index in [0.29, 0.717) is 5.69 Å². The van der Waals surface area contributed by atoms with Crippen LogP contribution >= 0.6 is 0 Å². The van der Waals surface area contributed by atoms with Gasteiger partial charge in [-0.15, -0.1) is 0 Å². The molecule has 0 spiro atoms. The van der Waals surface area contributed by atoms with E-state index in [2.05, 4.69) is 30.9 Å². The lowest BCUT2D eigenvalue weighted by Crippen LogP contribution is -2.57. The van der Waals surface area contributed by atoms with Crippen LogP contribution in [0, 0.1) is 0 Å². The number of hydrogen-bond acceptors (Lipinski definition) is 7. The minimum atomic E-state index is -1.54. The molecule has 13 nitrogen and oxygen atoms in total. The summed E-state index contributed by atoms with van der Waals surface area (Å²) in [7, 11) is 0. The van der Waals surface area contributed by atoms with E-state index < -0.39 is 54.5 Å². The monoisotopic (exact) mass is 499 g/mol. The van der Waals surface area contributed by atoms with Gasteiger partial charge in [0.15, 0.2) is 0 Å². The highest BCUT2D eigenvalue weighted by molar-refractivity contribution is 5.94. The van der Waals surface area contributed by atoms with Crippen LogP contribution in [0.25, 0.3) is 10.9 Å². The first-order chi connectivity index (χ1) is 17.2. The first-order valence-electron chi connectivity index (χ1n) is 11.2. The van der Waals surface area contributed by atoms with E-state index >= 15 is 0 Å². The number of aliphatic carboxylic acids is 1. The second-order valence-electron chi connectivity index (χ2n) is 8.32. The minimum Gasteiger partial charge on any atom is -0.480 e. The Morgan fingerprint density at radius 3 is 2.39 bits per heavy atom. The Bertz CT molecular complexity index is 1210. The van der Waals surface area contributed by atoms with Gasteiger partial charge in [-0.3, -0.25) is 14.4 Å². The van der Waals surface area contributed by atoms with Crippen molar-refractivity contribution in [2.45, 2.75) is 43.9 Å². The summed E-state index contributed by atoms with van der Waals surface area (Å²) in [6.07, 6.45) is 4.83. The zero-order chi connectivity index (χ0) is 26.2. The highest BCUT2D eigenvalue weighted by Crippen LogP contribution is 2.18. The van der Waals surface area contributed by atoms with Gasteiger partial charge >= 0.3 is 5.97 Å². The lowest BCUT2D eigenvalue weighted by Gasteiger charge is -2.23. The molecule has 2 heterocycles. The van der Waals surface area contributed by atoms with Crippen LogP contribution in [0.1, 0.15) is 18.2 Å². The van der Waals surface area contributed by atoms with E-state index in [1.54, 1.807) is 6.20 Å². The molecule has 4 atom stereocenters. The summed E-state index contributed by atoms with van der Waals surface area (Å²) in [4.78, 5) is 59.0. The van der Waals surface area contributed by atoms with Crippen molar-refractivity contribution in [1.29, 1.82) is 0 Å². The second-order valence-corrected chi connectivity index (χ2v) is 8.32. The Hall–Kier alpha value is -4.23. The van der Waals surface area contributed by atoms with Gasteiger partial charge in [0.1, 0.15) is 18.1 Å². The number of rotatable bonds is 12. The van der Waals surface area contributed by atoms with E-state index in [9.17, 15) is 24.3 Å². The summed E-state index contributed by atoms with van der Waals surface area (Å²) >= 11 is 0. The van der Waals surface area contributed by atoms with E-state index in [0.717, 1.165) is 16.5 Å². The predicted molar refractivity (Wildman–Crippen MR) is 128 cm³/mol. The van der Waals surface area contributed by atoms with Crippen LogP contribution in [0.2, 0.25) is 0 Å². The largest absolute Gasteiger partial charge is 0.480 e. The topological polar surface area (TPSA) is 215 Å². The predicted octanol–water partition coefficient (Wildman–Crippen LogP) is -1.45. The lowest BCUT2D eigenvalue weighted by molar-refractivity contribution is -0.143. The molecule has 1 aromatic carbocycles. The number of aromatic nitrogens is 3. The van der Waals surface area contributed by atoms with Gasteiger partial charge in [0.25, 0.3) is 0 Å². The summed E-state index contributed by atoms with van der Waals surface area (Å²) in [6, 6.07) is 2.88. The fourth-order valence-electron chi connectivity index (χ4n) is 3.60. The fourth-order valence-corrected chi connectivity index (χ4v) is 3.60. The average molecular weight is 500 g/mol. The van der Waals surface area contributed by atoms with Gasteiger partial charge in [-0.1, -0.05) is 18.2 Å². The van der Waals surface area contributed by atoms with Crippen molar-refractivity contribution in [1.82, 2.24) is 30.9 Å². The summed E-state index contributed by atoms with van der Waals surface area (Å²) in [6.45, 7) is 0.608. The Balaban J connectivity index is 1.61. The first-order valence-corrected chi connectivity index (χ1v) is 11.2. The maximum absolute atomic E-state index is 12.8. The van der Waals surface area contributed by atoms with Crippen LogP contribution in [0.3, 0.4) is 0 Å². The average Bonchev–Trinajstić information content (AvgIpc) is 3.51. The van der Waals surface area contributed by atoms with Crippen LogP contribution < -0.4 is 21.7 Å². The molecule has 0 aliphatic carbocycles. The molecular formula is C23H29N7O6. The number of amides is 3. The van der Waals surface area contributed by atoms with Crippen molar-refractivity contribution in [3.8, 4) is 0 Å². The number of hydrogen-bond donors (Lipinski definition) is 8. The Morgan fingerprint density at radius 1 is 1.00 bits per heavy atom. The van der Waals surface area contributed by atoms with Crippen LogP contribution in [0.5, 0.6) is 0 Å². The number of aliphatic hydroxyl groups is 1. The van der Waals surface area contributed by atoms with Crippen LogP contribution in [-0.4, -0.2) is 79.6 Å². The number of fused-ring (bicyclic) bond motifs is 1. The molecule has 0 fully saturated rings. The quantitative estimate of drug-likeness (QED) is 0.147. The zero-order valence-electron chi connectivity index (χ0n) is 19.5. The molecule has 3 amide bonds. The van der Waals surface area contributed by atoms with E-state index in [-0.39, 0.29) is 12.8 Å². The number of carboxylic acid groups (broad SMARTS) is 1. The normalized spacial score (nSPS) is 14.4. The summed E-state index contributed by atoms with van der Waals surface area (Å²) in [5.41, 5.74) is 8.35. The van der Waals surface area contributed by atoms with Gasteiger partial charge < -0.3 is 41.9 Å². The second kappa shape index (κ2) is 12.0. The SMILES string of the molecule is CC(NC(=O)C(N)Cc1c[nH]c2ccccc12)C(=O)NC(Cc1cnc[nH]1)C(=O)NC(CO)C(=O)O. The van der Waals surface area contributed by atoms with E-state index in [1.807, 2.05) is 24.3 Å². The maximum atomic E-state index is 12.8. The summed E-state index contributed by atoms with van der Waals surface area (Å²) in [5, 5.41) is 26.5. The number of aliphatic hydroxyl groups excluding tert-OH is 1. The van der Waals surface area contributed by atoms with Gasteiger partial charge in [-0.25, -0.2) is 9.78 Å². The van der Waals surface area contributed by atoms with Crippen molar-refractivity contribution in [2.24, 2.45) is 5.73 Å². The van der Waals surface area contributed by atoms with Crippen LogP contribution in [0.15, 0.2) is 43.0 Å². The molecule has 0 aliphatic heterocycles. The standard InChI is InChI=1S/C23H29N7O6/c1-12(28-21(33)16(24)6-13-8-26-17-5-3-2-4-15(13)17)20(32)29-18(7-14-9-25-11-27-14)22(34)30-19(10-31)23(35)36/h2-5,8-9,11-12,16,18-19,26,31H,6-7,10,24H2,1H3,(H,25,27)(H,28,33)(H,29,32)(H,30,34)(H,35,36). The molecule has 2 aromatic heterocycles. The molecule has 192 valence electrons. The Labute approximate surface area is 205 Å². The number of benzene rings is 1. The summed E-state index contributed by atoms with van der Waals surface area (Å²) < 4.78 is 0. The number of imidazole rings is 1. The number of carbonyl (C=O) groups is 4. The third kappa shape index (κ3) is 6.67. The zero-order valence-corrected chi connectivity index (χ0v) is 19.5. The number of carboxylic acids is 1. The molecule has 0 radical (unpaired) electrons. The van der Waals surface area contributed by atoms with E-state index in [1.165, 1.54) is 19.4 Å². The summed E-state index contributed by atoms with van der Waals surface area (Å²) in [5.74, 6) is -3.49. The molecule has 13 heteroatoms. The molecule has 0 saturated carbocycles. The molecule has 0 bridgehead atoms. The Morgan fingerprint density at radius 2 is 1.72 bits per heavy atom. The van der Waals surface area contributed by atoms with Gasteiger partial charge in [-0.05, 0) is 25.0 Å². The fraction of sp³-hybridized carbons (Fsp3) is 0.348. The lowest BCUT2D eigenvalue weighted by atomic mass is 10.0. The van der Waals surface area contributed by atoms with Crippen molar-refractivity contribution in [3.05, 3.63) is 54.2 Å². The van der Waals surface area contributed by atoms with Crippen LogP contribution in [-0.2, 0) is 32.0 Å². The molecule has 3 aromatic rings. The first kappa shape index (κ1) is 26.4. The number of nitrogens with zero attached hydrogens (tertiary/aromatic N) is 1. The number of H-pyrrole nitrogens is 2. The maximum Gasteiger partial charge on any atom is 0.328 e. The molecule has 0 saturated heterocycles. The molecule has 0 aliphatic rings. The molecular weight excluding hydrogens is 470 g/mol. The molecule has 36 heavy (non-hydrogen) atoms. The third-order valence-corrected chi connectivity index (χ3v) is 5.61. The van der Waals surface area contributed by atoms with Crippen molar-refractivity contribution >= 4 is 34.6 Å². The van der Waals surface area contributed by atoms with Gasteiger partial charge in [0.2, 0.25) is 17.7 Å². The van der Waals surface area contributed by atoms with Crippen molar-refractivity contribution in [2.75, 3.05) is 6.61 Å². The number of para-hydroxylation sites is 1. The smallest absolute Gasteiger partial charge is 0.328 e. The number of nitrogens with one attached hydrogen (secondary N) is 5. The van der Waals surface area contributed by atoms with Gasteiger partial charge in [0, 0.05) is 35.4 Å². The Kier molecular flexibility index (Phi) is 8.76.